The van der Waals surface area contributed by atoms with Crippen molar-refractivity contribution in [2.45, 2.75) is 19.4 Å². The van der Waals surface area contributed by atoms with E-state index in [0.717, 1.165) is 6.42 Å². The van der Waals surface area contributed by atoms with Gasteiger partial charge in [0.05, 0.1) is 10.6 Å². The molecular weight excluding hydrogens is 236 g/mol. The summed E-state index contributed by atoms with van der Waals surface area (Å²) in [5.74, 6) is 5.28. The van der Waals surface area contributed by atoms with Gasteiger partial charge in [-0.3, -0.25) is 16.0 Å². The van der Waals surface area contributed by atoms with Crippen molar-refractivity contribution in [3.05, 3.63) is 28.3 Å². The fourth-order valence-electron chi connectivity index (χ4n) is 1.53. The molecule has 4 N–H and O–H groups in total. The molecule has 1 atom stereocenters. The van der Waals surface area contributed by atoms with Gasteiger partial charge in [-0.25, -0.2) is 0 Å². The second kappa shape index (κ2) is 6.77. The molecule has 0 saturated heterocycles. The lowest BCUT2D eigenvalue weighted by molar-refractivity contribution is -0.384. The van der Waals surface area contributed by atoms with Crippen LogP contribution in [0.15, 0.2) is 18.2 Å². The van der Waals surface area contributed by atoms with Gasteiger partial charge in [-0.2, -0.15) is 0 Å². The number of ether oxygens (including phenoxy) is 1. The molecule has 0 spiro atoms. The molecule has 1 aromatic rings. The number of nitrogens with one attached hydrogen (secondary N) is 2. The summed E-state index contributed by atoms with van der Waals surface area (Å²) in [6, 6.07) is 4.73. The first-order chi connectivity index (χ1) is 8.56. The molecule has 0 aliphatic heterocycles. The minimum atomic E-state index is -0.453. The van der Waals surface area contributed by atoms with Gasteiger partial charge in [0.2, 0.25) is 0 Å². The third-order valence-electron chi connectivity index (χ3n) is 2.46. The van der Waals surface area contributed by atoms with Gasteiger partial charge >= 0.3 is 0 Å². The molecule has 0 bridgehead atoms. The van der Waals surface area contributed by atoms with Crippen LogP contribution in [0.5, 0.6) is 0 Å². The lowest BCUT2D eigenvalue weighted by Gasteiger charge is -2.15. The Labute approximate surface area is 105 Å². The Morgan fingerprint density at radius 3 is 2.67 bits per heavy atom. The van der Waals surface area contributed by atoms with Gasteiger partial charge < -0.3 is 15.5 Å². The Morgan fingerprint density at radius 1 is 1.44 bits per heavy atom. The molecule has 0 amide bonds. The maximum absolute atomic E-state index is 10.8. The SMILES string of the molecule is COCCC(C)Nc1cc(NN)cc([N+](=O)[O-])c1. The van der Waals surface area contributed by atoms with Crippen LogP contribution in [0.1, 0.15) is 13.3 Å². The van der Waals surface area contributed by atoms with E-state index in [2.05, 4.69) is 10.7 Å². The topological polar surface area (TPSA) is 102 Å². The van der Waals surface area contributed by atoms with E-state index in [4.69, 9.17) is 10.6 Å². The molecule has 0 saturated carbocycles. The summed E-state index contributed by atoms with van der Waals surface area (Å²) in [5, 5.41) is 13.9. The normalized spacial score (nSPS) is 11.9. The quantitative estimate of drug-likeness (QED) is 0.389. The number of hydrogen-bond donors (Lipinski definition) is 3. The third kappa shape index (κ3) is 4.19. The van der Waals surface area contributed by atoms with E-state index in [9.17, 15) is 10.1 Å². The number of nitro groups is 1. The molecule has 0 radical (unpaired) electrons. The summed E-state index contributed by atoms with van der Waals surface area (Å²) >= 11 is 0. The predicted octanol–water partition coefficient (Wildman–Crippen LogP) is 1.72. The molecule has 1 aromatic carbocycles. The summed E-state index contributed by atoms with van der Waals surface area (Å²) in [4.78, 5) is 10.3. The molecule has 1 unspecified atom stereocenters. The number of methoxy groups -OCH3 is 1. The summed E-state index contributed by atoms with van der Waals surface area (Å²) < 4.78 is 4.98. The first-order valence-corrected chi connectivity index (χ1v) is 5.58. The van der Waals surface area contributed by atoms with Crippen LogP contribution in [0, 0.1) is 10.1 Å². The number of nitrogen functional groups attached to an aromatic ring is 1. The van der Waals surface area contributed by atoms with E-state index < -0.39 is 4.92 Å². The van der Waals surface area contributed by atoms with Crippen molar-refractivity contribution in [1.82, 2.24) is 0 Å². The maximum Gasteiger partial charge on any atom is 0.273 e. The van der Waals surface area contributed by atoms with Crippen molar-refractivity contribution >= 4 is 17.1 Å². The Bertz CT molecular complexity index is 411. The number of hydrogen-bond acceptors (Lipinski definition) is 6. The third-order valence-corrected chi connectivity index (χ3v) is 2.46. The minimum absolute atomic E-state index is 0.00751. The zero-order chi connectivity index (χ0) is 13.5. The Hall–Kier alpha value is -1.86. The highest BCUT2D eigenvalue weighted by Gasteiger charge is 2.10. The van der Waals surface area contributed by atoms with Gasteiger partial charge in [0.25, 0.3) is 5.69 Å². The average molecular weight is 254 g/mol. The molecule has 0 aromatic heterocycles. The lowest BCUT2D eigenvalue weighted by Crippen LogP contribution is -2.17. The maximum atomic E-state index is 10.8. The van der Waals surface area contributed by atoms with Gasteiger partial charge in [-0.15, -0.1) is 0 Å². The largest absolute Gasteiger partial charge is 0.385 e. The molecule has 7 nitrogen and oxygen atoms in total. The highest BCUT2D eigenvalue weighted by atomic mass is 16.6. The Balaban J connectivity index is 2.81. The zero-order valence-electron chi connectivity index (χ0n) is 10.5. The first kappa shape index (κ1) is 14.2. The Morgan fingerprint density at radius 2 is 2.11 bits per heavy atom. The summed E-state index contributed by atoms with van der Waals surface area (Å²) in [7, 11) is 1.64. The smallest absolute Gasteiger partial charge is 0.273 e. The number of nitrogens with zero attached hydrogens (tertiary/aromatic N) is 1. The van der Waals surface area contributed by atoms with E-state index >= 15 is 0 Å². The van der Waals surface area contributed by atoms with Crippen molar-refractivity contribution in [2.24, 2.45) is 5.84 Å². The van der Waals surface area contributed by atoms with E-state index in [1.165, 1.54) is 12.1 Å². The number of rotatable bonds is 7. The fraction of sp³-hybridized carbons (Fsp3) is 0.455. The van der Waals surface area contributed by atoms with Crippen LogP contribution >= 0.6 is 0 Å². The molecular formula is C11H18N4O3. The van der Waals surface area contributed by atoms with Crippen LogP contribution in [-0.2, 0) is 4.74 Å². The van der Waals surface area contributed by atoms with Gasteiger partial charge in [-0.05, 0) is 19.4 Å². The van der Waals surface area contributed by atoms with Gasteiger partial charge in [-0.1, -0.05) is 0 Å². The molecule has 100 valence electrons. The highest BCUT2D eigenvalue weighted by molar-refractivity contribution is 5.63. The van der Waals surface area contributed by atoms with Crippen molar-refractivity contribution < 1.29 is 9.66 Å². The van der Waals surface area contributed by atoms with E-state index in [0.29, 0.717) is 18.0 Å². The van der Waals surface area contributed by atoms with Crippen LogP contribution < -0.4 is 16.6 Å². The van der Waals surface area contributed by atoms with Crippen LogP contribution in [-0.4, -0.2) is 24.7 Å². The Kier molecular flexibility index (Phi) is 5.34. The van der Waals surface area contributed by atoms with Crippen molar-refractivity contribution in [2.75, 3.05) is 24.5 Å². The number of anilines is 2. The van der Waals surface area contributed by atoms with Crippen LogP contribution in [0.25, 0.3) is 0 Å². The number of hydrazine groups is 1. The van der Waals surface area contributed by atoms with Crippen LogP contribution in [0.2, 0.25) is 0 Å². The van der Waals surface area contributed by atoms with Crippen molar-refractivity contribution in [3.8, 4) is 0 Å². The molecule has 0 aliphatic carbocycles. The lowest BCUT2D eigenvalue weighted by atomic mass is 10.2. The predicted molar refractivity (Wildman–Crippen MR) is 70.5 cm³/mol. The second-order valence-electron chi connectivity index (χ2n) is 4.00. The molecule has 18 heavy (non-hydrogen) atoms. The van der Waals surface area contributed by atoms with Crippen molar-refractivity contribution in [3.63, 3.8) is 0 Å². The van der Waals surface area contributed by atoms with E-state index in [-0.39, 0.29) is 11.7 Å². The summed E-state index contributed by atoms with van der Waals surface area (Å²) in [6.45, 7) is 2.61. The number of benzene rings is 1. The standard InChI is InChI=1S/C11H18N4O3/c1-8(3-4-18-2)13-9-5-10(14-12)7-11(6-9)15(16)17/h5-8,13-14H,3-4,12H2,1-2H3. The highest BCUT2D eigenvalue weighted by Crippen LogP contribution is 2.24. The van der Waals surface area contributed by atoms with Gasteiger partial charge in [0.1, 0.15) is 0 Å². The minimum Gasteiger partial charge on any atom is -0.385 e. The fourth-order valence-corrected chi connectivity index (χ4v) is 1.53. The first-order valence-electron chi connectivity index (χ1n) is 5.58. The van der Waals surface area contributed by atoms with Gasteiger partial charge in [0.15, 0.2) is 0 Å². The molecule has 0 heterocycles. The number of nitro benzene ring substituents is 1. The molecule has 1 rings (SSSR count). The van der Waals surface area contributed by atoms with Crippen molar-refractivity contribution in [1.29, 1.82) is 0 Å². The van der Waals surface area contributed by atoms with E-state index in [1.54, 1.807) is 13.2 Å². The average Bonchev–Trinajstić information content (AvgIpc) is 2.35. The number of nitrogens with two attached hydrogens (primary N) is 1. The number of non-ortho nitro benzene ring substituents is 1. The summed E-state index contributed by atoms with van der Waals surface area (Å²) in [6.07, 6.45) is 0.810. The van der Waals surface area contributed by atoms with Crippen LogP contribution in [0.3, 0.4) is 0 Å². The molecule has 0 fully saturated rings. The summed E-state index contributed by atoms with van der Waals surface area (Å²) in [5.41, 5.74) is 3.55. The monoisotopic (exact) mass is 254 g/mol. The second-order valence-corrected chi connectivity index (χ2v) is 4.00. The zero-order valence-corrected chi connectivity index (χ0v) is 10.5. The van der Waals surface area contributed by atoms with E-state index in [1.807, 2.05) is 6.92 Å². The molecule has 7 heteroatoms. The molecule has 0 aliphatic rings. The van der Waals surface area contributed by atoms with Gasteiger partial charge in [0, 0.05) is 37.6 Å². The van der Waals surface area contributed by atoms with Crippen LogP contribution in [0.4, 0.5) is 17.1 Å².